The van der Waals surface area contributed by atoms with Crippen LogP contribution in [0.3, 0.4) is 0 Å². The van der Waals surface area contributed by atoms with E-state index in [-0.39, 0.29) is 0 Å². The fourth-order valence-electron chi connectivity index (χ4n) is 8.80. The van der Waals surface area contributed by atoms with Crippen molar-refractivity contribution >= 4 is 22.5 Å². The van der Waals surface area contributed by atoms with Crippen LogP contribution in [0.15, 0.2) is 192 Å². The summed E-state index contributed by atoms with van der Waals surface area (Å²) in [5.74, 6) is 1.89. The van der Waals surface area contributed by atoms with E-state index >= 15 is 0 Å². The van der Waals surface area contributed by atoms with E-state index in [4.69, 9.17) is 15.0 Å². The van der Waals surface area contributed by atoms with Crippen molar-refractivity contribution in [3.8, 4) is 62.5 Å². The molecule has 0 fully saturated rings. The molecule has 11 rings (SSSR count). The van der Waals surface area contributed by atoms with Gasteiger partial charge < -0.3 is 0 Å². The summed E-state index contributed by atoms with van der Waals surface area (Å²) >= 11 is 1.84. The van der Waals surface area contributed by atoms with Crippen molar-refractivity contribution in [2.24, 2.45) is 0 Å². The quantitative estimate of drug-likeness (QED) is 0.180. The molecule has 0 saturated carbocycles. The zero-order valence-corrected chi connectivity index (χ0v) is 30.8. The summed E-state index contributed by atoms with van der Waals surface area (Å²) in [6.45, 7) is 0. The van der Waals surface area contributed by atoms with Crippen molar-refractivity contribution in [1.29, 1.82) is 5.26 Å². The highest BCUT2D eigenvalue weighted by atomic mass is 32.2. The second-order valence-electron chi connectivity index (χ2n) is 14.2. The fourth-order valence-corrected chi connectivity index (χ4v) is 9.99. The highest BCUT2D eigenvalue weighted by molar-refractivity contribution is 7.99. The first kappa shape index (κ1) is 32.3. The maximum absolute atomic E-state index is 9.95. The topological polar surface area (TPSA) is 62.5 Å². The summed E-state index contributed by atoms with van der Waals surface area (Å²) in [6.07, 6.45) is 0. The zero-order valence-electron chi connectivity index (χ0n) is 30.0. The SMILES string of the molecule is N#Cc1ccc(-c2ccc3c(c2)-c2cc(-c4nc(-c5ccccc5)nc(-c5ccccc5)n4)ccc2C32c3ccccc3Sc3ccccc32)c2ccccc12. The van der Waals surface area contributed by atoms with Gasteiger partial charge in [0.1, 0.15) is 0 Å². The van der Waals surface area contributed by atoms with Gasteiger partial charge in [-0.25, -0.2) is 15.0 Å². The van der Waals surface area contributed by atoms with E-state index in [2.05, 4.69) is 103 Å². The van der Waals surface area contributed by atoms with Gasteiger partial charge in [-0.3, -0.25) is 0 Å². The molecule has 260 valence electrons. The average molecular weight is 731 g/mol. The van der Waals surface area contributed by atoms with Crippen molar-refractivity contribution in [2.75, 3.05) is 0 Å². The van der Waals surface area contributed by atoms with Crippen molar-refractivity contribution < 1.29 is 0 Å². The summed E-state index contributed by atoms with van der Waals surface area (Å²) in [7, 11) is 0. The third kappa shape index (κ3) is 4.83. The van der Waals surface area contributed by atoms with Crippen LogP contribution in [0.2, 0.25) is 0 Å². The highest BCUT2D eigenvalue weighted by Crippen LogP contribution is 2.62. The Bertz CT molecular complexity index is 2970. The fraction of sp³-hybridized carbons (Fsp3) is 0.0196. The molecule has 8 aromatic carbocycles. The molecule has 9 aromatic rings. The molecule has 4 nitrogen and oxygen atoms in total. The molecule has 1 aliphatic heterocycles. The Morgan fingerprint density at radius 3 is 1.46 bits per heavy atom. The molecule has 0 unspecified atom stereocenters. The maximum atomic E-state index is 9.95. The monoisotopic (exact) mass is 730 g/mol. The molecule has 1 aromatic heterocycles. The number of nitriles is 1. The predicted molar refractivity (Wildman–Crippen MR) is 225 cm³/mol. The predicted octanol–water partition coefficient (Wildman–Crippen LogP) is 12.4. The van der Waals surface area contributed by atoms with Crippen molar-refractivity contribution in [3.63, 3.8) is 0 Å². The van der Waals surface area contributed by atoms with E-state index < -0.39 is 5.41 Å². The molecule has 0 radical (unpaired) electrons. The van der Waals surface area contributed by atoms with Gasteiger partial charge in [0.05, 0.1) is 17.0 Å². The molecular weight excluding hydrogens is 701 g/mol. The Hall–Kier alpha value is -7.13. The number of fused-ring (bicyclic) bond motifs is 10. The summed E-state index contributed by atoms with van der Waals surface area (Å²) in [6, 6.07) is 66.3. The van der Waals surface area contributed by atoms with Gasteiger partial charge in [0, 0.05) is 31.9 Å². The van der Waals surface area contributed by atoms with E-state index in [9.17, 15) is 5.26 Å². The first-order chi connectivity index (χ1) is 27.7. The smallest absolute Gasteiger partial charge is 0.164 e. The number of benzene rings is 8. The Morgan fingerprint density at radius 2 is 0.875 bits per heavy atom. The molecule has 0 N–H and O–H groups in total. The van der Waals surface area contributed by atoms with Crippen molar-refractivity contribution in [1.82, 2.24) is 15.0 Å². The Labute approximate surface area is 328 Å². The normalized spacial score (nSPS) is 13.1. The summed E-state index contributed by atoms with van der Waals surface area (Å²) in [4.78, 5) is 17.7. The molecule has 0 amide bonds. The molecule has 2 heterocycles. The van der Waals surface area contributed by atoms with Crippen molar-refractivity contribution in [2.45, 2.75) is 15.2 Å². The Balaban J connectivity index is 1.19. The third-order valence-corrected chi connectivity index (χ3v) is 12.4. The first-order valence-corrected chi connectivity index (χ1v) is 19.5. The minimum absolute atomic E-state index is 0.531. The Kier molecular flexibility index (Phi) is 7.35. The van der Waals surface area contributed by atoms with Crippen molar-refractivity contribution in [3.05, 3.63) is 210 Å². The highest BCUT2D eigenvalue weighted by Gasteiger charge is 2.50. The van der Waals surface area contributed by atoms with Gasteiger partial charge in [-0.05, 0) is 80.2 Å². The zero-order chi connectivity index (χ0) is 37.2. The van der Waals surface area contributed by atoms with E-state index in [0.29, 0.717) is 23.0 Å². The molecule has 0 saturated heterocycles. The second kappa shape index (κ2) is 12.7. The minimum atomic E-state index is -0.531. The third-order valence-electron chi connectivity index (χ3n) is 11.3. The van der Waals surface area contributed by atoms with Crippen LogP contribution in [-0.4, -0.2) is 15.0 Å². The largest absolute Gasteiger partial charge is 0.208 e. The van der Waals surface area contributed by atoms with Crippen LogP contribution in [0.25, 0.3) is 67.2 Å². The van der Waals surface area contributed by atoms with Gasteiger partial charge in [0.2, 0.25) is 0 Å². The molecule has 56 heavy (non-hydrogen) atoms. The summed E-state index contributed by atoms with van der Waals surface area (Å²) < 4.78 is 0. The number of rotatable bonds is 4. The first-order valence-electron chi connectivity index (χ1n) is 18.7. The van der Waals surface area contributed by atoms with E-state index in [0.717, 1.165) is 44.2 Å². The van der Waals surface area contributed by atoms with Crippen LogP contribution < -0.4 is 0 Å². The van der Waals surface area contributed by atoms with Gasteiger partial charge in [-0.2, -0.15) is 5.26 Å². The lowest BCUT2D eigenvalue weighted by atomic mass is 9.67. The molecule has 0 atom stereocenters. The minimum Gasteiger partial charge on any atom is -0.208 e. The lowest BCUT2D eigenvalue weighted by molar-refractivity contribution is 0.722. The summed E-state index contributed by atoms with van der Waals surface area (Å²) in [5.41, 5.74) is 12.5. The molecule has 2 aliphatic rings. The number of hydrogen-bond acceptors (Lipinski definition) is 5. The molecule has 1 spiro atoms. The van der Waals surface area contributed by atoms with E-state index in [1.807, 2.05) is 96.7 Å². The molecule has 5 heteroatoms. The van der Waals surface area contributed by atoms with Crippen LogP contribution in [0.5, 0.6) is 0 Å². The number of nitrogens with zero attached hydrogens (tertiary/aromatic N) is 4. The molecular formula is C51H30N4S. The van der Waals surface area contributed by atoms with E-state index in [1.165, 1.54) is 37.6 Å². The van der Waals surface area contributed by atoms with Gasteiger partial charge >= 0.3 is 0 Å². The second-order valence-corrected chi connectivity index (χ2v) is 15.3. The van der Waals surface area contributed by atoms with Crippen LogP contribution in [0.1, 0.15) is 27.8 Å². The van der Waals surface area contributed by atoms with E-state index in [1.54, 1.807) is 0 Å². The van der Waals surface area contributed by atoms with Crippen LogP contribution in [-0.2, 0) is 5.41 Å². The molecule has 1 aliphatic carbocycles. The average Bonchev–Trinajstić information content (AvgIpc) is 3.55. The lowest BCUT2D eigenvalue weighted by Gasteiger charge is -2.39. The maximum Gasteiger partial charge on any atom is 0.164 e. The number of hydrogen-bond donors (Lipinski definition) is 0. The van der Waals surface area contributed by atoms with Gasteiger partial charge in [0.15, 0.2) is 17.5 Å². The lowest BCUT2D eigenvalue weighted by Crippen LogP contribution is -2.31. The van der Waals surface area contributed by atoms with Crippen LogP contribution in [0.4, 0.5) is 0 Å². The summed E-state index contributed by atoms with van der Waals surface area (Å²) in [5, 5.41) is 12.0. The standard InChI is InChI=1S/C51H30N4S/c52-31-36-23-26-38(39-18-8-7-17-37(36)39)34-24-27-42-40(29-34)41-30-35(50-54-48(32-13-3-1-4-14-32)53-49(55-50)33-15-5-2-6-16-33)25-28-43(41)51(42)44-19-9-11-21-46(44)56-47-22-12-10-20-45(47)51/h1-30H. The number of aromatic nitrogens is 3. The van der Waals surface area contributed by atoms with Crippen LogP contribution >= 0.6 is 11.8 Å². The van der Waals surface area contributed by atoms with Crippen LogP contribution in [0, 0.1) is 11.3 Å². The van der Waals surface area contributed by atoms with Gasteiger partial charge in [0.25, 0.3) is 0 Å². The van der Waals surface area contributed by atoms with Gasteiger partial charge in [-0.1, -0.05) is 163 Å². The van der Waals surface area contributed by atoms with Gasteiger partial charge in [-0.15, -0.1) is 0 Å². The molecule has 0 bridgehead atoms. The Morgan fingerprint density at radius 1 is 0.393 bits per heavy atom.